The highest BCUT2D eigenvalue weighted by Crippen LogP contribution is 2.26. The lowest BCUT2D eigenvalue weighted by Gasteiger charge is -2.29. The van der Waals surface area contributed by atoms with Crippen LogP contribution in [0.5, 0.6) is 0 Å². The van der Waals surface area contributed by atoms with Crippen LogP contribution in [0, 0.1) is 17.0 Å². The van der Waals surface area contributed by atoms with Gasteiger partial charge in [-0.15, -0.1) is 11.8 Å². The Balaban J connectivity index is 2.23. The van der Waals surface area contributed by atoms with Gasteiger partial charge in [-0.3, -0.25) is 19.7 Å². The molecule has 2 amide bonds. The van der Waals surface area contributed by atoms with E-state index in [1.807, 2.05) is 13.8 Å². The van der Waals surface area contributed by atoms with E-state index < -0.39 is 11.0 Å². The first kappa shape index (κ1) is 18.3. The van der Waals surface area contributed by atoms with Gasteiger partial charge in [0.1, 0.15) is 6.04 Å². The van der Waals surface area contributed by atoms with Gasteiger partial charge in [0.2, 0.25) is 5.91 Å². The van der Waals surface area contributed by atoms with Crippen molar-refractivity contribution >= 4 is 29.3 Å². The average molecular weight is 351 g/mol. The summed E-state index contributed by atoms with van der Waals surface area (Å²) in [5, 5.41) is 10.9. The fourth-order valence-corrected chi connectivity index (χ4v) is 3.64. The number of benzene rings is 1. The molecule has 8 heteroatoms. The zero-order valence-corrected chi connectivity index (χ0v) is 15.0. The molecular formula is C16H21N3O4S. The quantitative estimate of drug-likeness (QED) is 0.614. The number of carbonyl (C=O) groups excluding carboxylic acids is 2. The average Bonchev–Trinajstić information content (AvgIpc) is 3.01. The van der Waals surface area contributed by atoms with Crippen LogP contribution in [-0.2, 0) is 4.79 Å². The molecule has 1 atom stereocenters. The van der Waals surface area contributed by atoms with Gasteiger partial charge in [-0.25, -0.2) is 0 Å². The minimum atomic E-state index is -0.495. The summed E-state index contributed by atoms with van der Waals surface area (Å²) in [6.07, 6.45) is 0. The highest BCUT2D eigenvalue weighted by molar-refractivity contribution is 7.99. The molecule has 0 aliphatic carbocycles. The van der Waals surface area contributed by atoms with Crippen LogP contribution in [0.3, 0.4) is 0 Å². The predicted octanol–water partition coefficient (Wildman–Crippen LogP) is 2.29. The molecule has 1 fully saturated rings. The molecule has 1 aliphatic heterocycles. The summed E-state index contributed by atoms with van der Waals surface area (Å²) in [4.78, 5) is 38.9. The van der Waals surface area contributed by atoms with Crippen LogP contribution in [0.1, 0.15) is 29.8 Å². The van der Waals surface area contributed by atoms with Gasteiger partial charge in [0, 0.05) is 36.0 Å². The van der Waals surface area contributed by atoms with Gasteiger partial charge in [-0.05, 0) is 32.9 Å². The Morgan fingerprint density at radius 1 is 1.42 bits per heavy atom. The lowest BCUT2D eigenvalue weighted by Crippen LogP contribution is -2.49. The van der Waals surface area contributed by atoms with E-state index in [0.717, 1.165) is 0 Å². The fourth-order valence-electron chi connectivity index (χ4n) is 2.50. The molecule has 0 radical (unpaired) electrons. The molecule has 24 heavy (non-hydrogen) atoms. The monoisotopic (exact) mass is 351 g/mol. The van der Waals surface area contributed by atoms with Crippen molar-refractivity contribution in [1.29, 1.82) is 0 Å². The third-order valence-corrected chi connectivity index (χ3v) is 5.20. The highest BCUT2D eigenvalue weighted by atomic mass is 32.2. The third kappa shape index (κ3) is 3.53. The van der Waals surface area contributed by atoms with Crippen molar-refractivity contribution in [2.24, 2.45) is 0 Å². The van der Waals surface area contributed by atoms with Crippen molar-refractivity contribution in [2.75, 3.05) is 18.7 Å². The van der Waals surface area contributed by atoms with E-state index in [1.165, 1.54) is 30.0 Å². The summed E-state index contributed by atoms with van der Waals surface area (Å²) in [5.74, 6) is 0.653. The summed E-state index contributed by atoms with van der Waals surface area (Å²) < 4.78 is 0. The molecule has 0 aromatic heterocycles. The van der Waals surface area contributed by atoms with E-state index >= 15 is 0 Å². The van der Waals surface area contributed by atoms with Crippen LogP contribution in [0.25, 0.3) is 0 Å². The van der Waals surface area contributed by atoms with Crippen LogP contribution in [-0.4, -0.2) is 57.3 Å². The third-order valence-electron chi connectivity index (χ3n) is 4.19. The van der Waals surface area contributed by atoms with Gasteiger partial charge < -0.3 is 9.80 Å². The maximum Gasteiger partial charge on any atom is 0.272 e. The molecule has 1 aromatic carbocycles. The summed E-state index contributed by atoms with van der Waals surface area (Å²) in [5.41, 5.74) is 0.778. The molecule has 0 bridgehead atoms. The van der Waals surface area contributed by atoms with Gasteiger partial charge in [-0.1, -0.05) is 0 Å². The molecule has 1 unspecified atom stereocenters. The number of hydrogen-bond acceptors (Lipinski definition) is 5. The van der Waals surface area contributed by atoms with E-state index in [4.69, 9.17) is 0 Å². The van der Waals surface area contributed by atoms with Crippen LogP contribution < -0.4 is 0 Å². The summed E-state index contributed by atoms with van der Waals surface area (Å²) >= 11 is 1.53. The Kier molecular flexibility index (Phi) is 5.48. The molecule has 130 valence electrons. The first-order chi connectivity index (χ1) is 11.2. The first-order valence-electron chi connectivity index (χ1n) is 7.64. The normalized spacial score (nSPS) is 17.2. The molecule has 1 aliphatic rings. The van der Waals surface area contributed by atoms with Crippen LogP contribution in [0.15, 0.2) is 18.2 Å². The second kappa shape index (κ2) is 7.21. The summed E-state index contributed by atoms with van der Waals surface area (Å²) in [6.45, 7) is 5.44. The zero-order valence-electron chi connectivity index (χ0n) is 14.2. The lowest BCUT2D eigenvalue weighted by atomic mass is 10.1. The van der Waals surface area contributed by atoms with Gasteiger partial charge in [0.25, 0.3) is 11.6 Å². The largest absolute Gasteiger partial charge is 0.342 e. The Morgan fingerprint density at radius 2 is 2.08 bits per heavy atom. The van der Waals surface area contributed by atoms with E-state index in [9.17, 15) is 19.7 Å². The zero-order chi connectivity index (χ0) is 18.0. The molecule has 7 nitrogen and oxygen atoms in total. The van der Waals surface area contributed by atoms with E-state index in [0.29, 0.717) is 22.8 Å². The number of nitrogens with zero attached hydrogens (tertiary/aromatic N) is 3. The number of carbonyl (C=O) groups is 2. The number of likely N-dealkylation sites (N-methyl/N-ethyl adjacent to an activating group) is 1. The van der Waals surface area contributed by atoms with Crippen molar-refractivity contribution in [1.82, 2.24) is 9.80 Å². The molecule has 1 saturated heterocycles. The second-order valence-electron chi connectivity index (χ2n) is 6.09. The van der Waals surface area contributed by atoms with Crippen LogP contribution in [0.2, 0.25) is 0 Å². The molecule has 0 saturated carbocycles. The van der Waals surface area contributed by atoms with Crippen molar-refractivity contribution in [2.45, 2.75) is 32.9 Å². The first-order valence-corrected chi connectivity index (χ1v) is 8.80. The number of amides is 2. The van der Waals surface area contributed by atoms with E-state index in [2.05, 4.69) is 0 Å². The Morgan fingerprint density at radius 3 is 2.62 bits per heavy atom. The van der Waals surface area contributed by atoms with Crippen molar-refractivity contribution in [3.8, 4) is 0 Å². The number of rotatable bonds is 4. The van der Waals surface area contributed by atoms with Gasteiger partial charge >= 0.3 is 0 Å². The van der Waals surface area contributed by atoms with E-state index in [1.54, 1.807) is 23.8 Å². The number of nitro groups is 1. The minimum absolute atomic E-state index is 0.0190. The SMILES string of the molecule is Cc1cc(C(=O)N2CSCC2C(=O)N(C)C(C)C)ccc1[N+](=O)[O-]. The molecule has 1 aromatic rings. The number of hydrogen-bond donors (Lipinski definition) is 0. The van der Waals surface area contributed by atoms with Gasteiger partial charge in [-0.2, -0.15) is 0 Å². The van der Waals surface area contributed by atoms with Gasteiger partial charge in [0.15, 0.2) is 0 Å². The highest BCUT2D eigenvalue weighted by Gasteiger charge is 2.37. The van der Waals surface area contributed by atoms with Crippen LogP contribution >= 0.6 is 11.8 Å². The van der Waals surface area contributed by atoms with Crippen molar-refractivity contribution < 1.29 is 14.5 Å². The predicted molar refractivity (Wildman–Crippen MR) is 93.0 cm³/mol. The van der Waals surface area contributed by atoms with Crippen LogP contribution in [0.4, 0.5) is 5.69 Å². The fraction of sp³-hybridized carbons (Fsp3) is 0.500. The van der Waals surface area contributed by atoms with Crippen molar-refractivity contribution in [3.05, 3.63) is 39.4 Å². The number of aryl methyl sites for hydroxylation is 1. The molecular weight excluding hydrogens is 330 g/mol. The maximum absolute atomic E-state index is 12.8. The minimum Gasteiger partial charge on any atom is -0.342 e. The lowest BCUT2D eigenvalue weighted by molar-refractivity contribution is -0.385. The van der Waals surface area contributed by atoms with E-state index in [-0.39, 0.29) is 23.5 Å². The Bertz CT molecular complexity index is 677. The number of thioether (sulfide) groups is 1. The molecule has 0 spiro atoms. The second-order valence-corrected chi connectivity index (χ2v) is 7.09. The maximum atomic E-state index is 12.8. The Hall–Kier alpha value is -2.09. The smallest absolute Gasteiger partial charge is 0.272 e. The summed E-state index contributed by atoms with van der Waals surface area (Å²) in [7, 11) is 1.73. The number of nitro benzene ring substituents is 1. The molecule has 2 rings (SSSR count). The topological polar surface area (TPSA) is 83.8 Å². The standard InChI is InChI=1S/C16H21N3O4S/c1-10(2)17(4)16(21)14-8-24-9-18(14)15(20)12-5-6-13(19(22)23)11(3)7-12/h5-7,10,14H,8-9H2,1-4H3. The summed E-state index contributed by atoms with van der Waals surface area (Å²) in [6, 6.07) is 3.86. The van der Waals surface area contributed by atoms with Crippen molar-refractivity contribution in [3.63, 3.8) is 0 Å². The van der Waals surface area contributed by atoms with Gasteiger partial charge in [0.05, 0.1) is 10.8 Å². The Labute approximate surface area is 145 Å². The molecule has 1 heterocycles. The molecule has 0 N–H and O–H groups in total.